The van der Waals surface area contributed by atoms with Crippen molar-refractivity contribution in [3.05, 3.63) is 49.5 Å². The second-order valence-corrected chi connectivity index (χ2v) is 3.34. The lowest BCUT2D eigenvalue weighted by atomic mass is 10.3. The van der Waals surface area contributed by atoms with Gasteiger partial charge in [0.05, 0.1) is 5.52 Å². The fourth-order valence-corrected chi connectivity index (χ4v) is 1.57. The van der Waals surface area contributed by atoms with Crippen molar-refractivity contribution in [2.45, 2.75) is 6.92 Å². The second-order valence-electron chi connectivity index (χ2n) is 3.34. The lowest BCUT2D eigenvalue weighted by Crippen LogP contribution is -2.08. The summed E-state index contributed by atoms with van der Waals surface area (Å²) in [7, 11) is 0. The molecule has 0 aliphatic carbocycles. The minimum absolute atomic E-state index is 0.651. The van der Waals surface area contributed by atoms with E-state index in [-0.39, 0.29) is 0 Å². The minimum atomic E-state index is 0.651. The summed E-state index contributed by atoms with van der Waals surface area (Å²) in [5.41, 5.74) is 7.59. The maximum absolute atomic E-state index is 6.04. The fourth-order valence-electron chi connectivity index (χ4n) is 1.57. The highest BCUT2D eigenvalue weighted by atomic mass is 15.3. The Morgan fingerprint density at radius 1 is 1.50 bits per heavy atom. The van der Waals surface area contributed by atoms with Crippen molar-refractivity contribution >= 4 is 17.0 Å². The topological polar surface area (TPSA) is 46.6 Å². The number of nitrogen functional groups attached to an aromatic ring is 1. The van der Waals surface area contributed by atoms with E-state index in [1.807, 2.05) is 43.6 Å². The molecule has 2 aromatic rings. The fraction of sp³-hybridized carbons (Fsp3) is 0.0833. The standard InChI is InChI=1S/C12H14N4/c1-3-8-15(4-2)12-11(13)10-7-5-6-9-16(10)14-12/h3-9H,2,13H2,1H3/b8-3-. The van der Waals surface area contributed by atoms with E-state index >= 15 is 0 Å². The van der Waals surface area contributed by atoms with Gasteiger partial charge in [-0.25, -0.2) is 4.52 Å². The number of anilines is 2. The van der Waals surface area contributed by atoms with E-state index in [4.69, 9.17) is 5.73 Å². The van der Waals surface area contributed by atoms with E-state index < -0.39 is 0 Å². The van der Waals surface area contributed by atoms with Gasteiger partial charge in [0.15, 0.2) is 5.82 Å². The number of fused-ring (bicyclic) bond motifs is 1. The highest BCUT2D eigenvalue weighted by Gasteiger charge is 2.12. The molecule has 2 heterocycles. The van der Waals surface area contributed by atoms with E-state index in [1.54, 1.807) is 15.6 Å². The van der Waals surface area contributed by atoms with Gasteiger partial charge in [0.2, 0.25) is 0 Å². The molecule has 2 aromatic heterocycles. The predicted octanol–water partition coefficient (Wildman–Crippen LogP) is 2.40. The van der Waals surface area contributed by atoms with E-state index in [2.05, 4.69) is 11.7 Å². The molecule has 0 saturated heterocycles. The van der Waals surface area contributed by atoms with Crippen LogP contribution in [0.4, 0.5) is 11.5 Å². The van der Waals surface area contributed by atoms with Crippen LogP contribution < -0.4 is 10.6 Å². The Bertz CT molecular complexity index is 539. The van der Waals surface area contributed by atoms with Crippen LogP contribution in [-0.2, 0) is 0 Å². The average Bonchev–Trinajstić information content (AvgIpc) is 2.64. The van der Waals surface area contributed by atoms with Gasteiger partial charge in [0.1, 0.15) is 5.69 Å². The van der Waals surface area contributed by atoms with Gasteiger partial charge in [-0.2, -0.15) is 0 Å². The van der Waals surface area contributed by atoms with Crippen molar-refractivity contribution < 1.29 is 0 Å². The van der Waals surface area contributed by atoms with Gasteiger partial charge >= 0.3 is 0 Å². The number of pyridine rings is 1. The van der Waals surface area contributed by atoms with Crippen LogP contribution in [0.3, 0.4) is 0 Å². The molecular formula is C12H14N4. The number of allylic oxidation sites excluding steroid dienone is 1. The van der Waals surface area contributed by atoms with Gasteiger partial charge < -0.3 is 10.6 Å². The lowest BCUT2D eigenvalue weighted by Gasteiger charge is -2.11. The molecule has 0 saturated carbocycles. The summed E-state index contributed by atoms with van der Waals surface area (Å²) in [4.78, 5) is 1.79. The first-order chi connectivity index (χ1) is 7.77. The molecule has 4 nitrogen and oxygen atoms in total. The number of rotatable bonds is 3. The van der Waals surface area contributed by atoms with Crippen LogP contribution in [0.1, 0.15) is 6.92 Å². The Morgan fingerprint density at radius 2 is 2.31 bits per heavy atom. The largest absolute Gasteiger partial charge is 0.394 e. The maximum atomic E-state index is 6.04. The molecule has 0 fully saturated rings. The Labute approximate surface area is 94.3 Å². The van der Waals surface area contributed by atoms with E-state index in [0.717, 1.165) is 5.52 Å². The Kier molecular flexibility index (Phi) is 2.64. The van der Waals surface area contributed by atoms with E-state index in [1.165, 1.54) is 0 Å². The molecule has 0 atom stereocenters. The third-order valence-electron chi connectivity index (χ3n) is 2.31. The molecular weight excluding hydrogens is 200 g/mol. The molecule has 16 heavy (non-hydrogen) atoms. The highest BCUT2D eigenvalue weighted by Crippen LogP contribution is 2.26. The molecule has 0 unspecified atom stereocenters. The Hall–Kier alpha value is -2.23. The zero-order valence-corrected chi connectivity index (χ0v) is 9.17. The lowest BCUT2D eigenvalue weighted by molar-refractivity contribution is 0.949. The van der Waals surface area contributed by atoms with Crippen molar-refractivity contribution in [1.29, 1.82) is 0 Å². The molecule has 0 bridgehead atoms. The smallest absolute Gasteiger partial charge is 0.182 e. The number of nitrogens with two attached hydrogens (primary N) is 1. The molecule has 2 N–H and O–H groups in total. The monoisotopic (exact) mass is 214 g/mol. The van der Waals surface area contributed by atoms with E-state index in [0.29, 0.717) is 11.5 Å². The van der Waals surface area contributed by atoms with Gasteiger partial charge in [0, 0.05) is 18.6 Å². The van der Waals surface area contributed by atoms with Crippen LogP contribution >= 0.6 is 0 Å². The third kappa shape index (κ3) is 1.54. The second kappa shape index (κ2) is 4.10. The van der Waals surface area contributed by atoms with E-state index in [9.17, 15) is 0 Å². The van der Waals surface area contributed by atoms with Crippen molar-refractivity contribution in [2.24, 2.45) is 0 Å². The van der Waals surface area contributed by atoms with Gasteiger partial charge in [-0.05, 0) is 19.1 Å². The summed E-state index contributed by atoms with van der Waals surface area (Å²) in [5, 5.41) is 4.40. The number of nitrogens with zero attached hydrogens (tertiary/aromatic N) is 3. The van der Waals surface area contributed by atoms with Crippen LogP contribution in [0.15, 0.2) is 49.5 Å². The normalized spacial score (nSPS) is 11.1. The zero-order chi connectivity index (χ0) is 11.5. The number of hydrogen-bond donors (Lipinski definition) is 1. The first-order valence-corrected chi connectivity index (χ1v) is 5.04. The van der Waals surface area contributed by atoms with Crippen molar-refractivity contribution in [3.8, 4) is 0 Å². The molecule has 0 aliphatic rings. The van der Waals surface area contributed by atoms with Crippen LogP contribution in [-0.4, -0.2) is 9.61 Å². The van der Waals surface area contributed by atoms with Crippen LogP contribution in [0.25, 0.3) is 5.52 Å². The minimum Gasteiger partial charge on any atom is -0.394 e. The number of aromatic nitrogens is 2. The summed E-state index contributed by atoms with van der Waals surface area (Å²) in [5.74, 6) is 0.694. The summed E-state index contributed by atoms with van der Waals surface area (Å²) in [6.45, 7) is 5.67. The zero-order valence-electron chi connectivity index (χ0n) is 9.17. The summed E-state index contributed by atoms with van der Waals surface area (Å²) in [6, 6.07) is 5.78. The van der Waals surface area contributed by atoms with Gasteiger partial charge in [0.25, 0.3) is 0 Å². The maximum Gasteiger partial charge on any atom is 0.182 e. The Balaban J connectivity index is 2.60. The molecule has 0 amide bonds. The van der Waals surface area contributed by atoms with Gasteiger partial charge in [-0.1, -0.05) is 18.7 Å². The van der Waals surface area contributed by atoms with Crippen LogP contribution in [0, 0.1) is 0 Å². The average molecular weight is 214 g/mol. The molecule has 0 aliphatic heterocycles. The molecule has 0 radical (unpaired) electrons. The van der Waals surface area contributed by atoms with Gasteiger partial charge in [-0.3, -0.25) is 0 Å². The first-order valence-electron chi connectivity index (χ1n) is 5.04. The molecule has 4 heteroatoms. The third-order valence-corrected chi connectivity index (χ3v) is 2.31. The Morgan fingerprint density at radius 3 is 2.94 bits per heavy atom. The van der Waals surface area contributed by atoms with Crippen LogP contribution in [0.5, 0.6) is 0 Å². The predicted molar refractivity (Wildman–Crippen MR) is 67.1 cm³/mol. The first kappa shape index (κ1) is 10.3. The number of hydrogen-bond acceptors (Lipinski definition) is 3. The summed E-state index contributed by atoms with van der Waals surface area (Å²) < 4.78 is 1.75. The molecule has 82 valence electrons. The van der Waals surface area contributed by atoms with Crippen molar-refractivity contribution in [2.75, 3.05) is 10.6 Å². The molecule has 2 rings (SSSR count). The summed E-state index contributed by atoms with van der Waals surface area (Å²) in [6.07, 6.45) is 7.32. The SMILES string of the molecule is C=CN(/C=C\C)c1nn2ccccc2c1N. The van der Waals surface area contributed by atoms with Crippen molar-refractivity contribution in [3.63, 3.8) is 0 Å². The molecule has 0 aromatic carbocycles. The quantitative estimate of drug-likeness (QED) is 0.853. The van der Waals surface area contributed by atoms with Gasteiger partial charge in [-0.15, -0.1) is 5.10 Å². The van der Waals surface area contributed by atoms with Crippen LogP contribution in [0.2, 0.25) is 0 Å². The van der Waals surface area contributed by atoms with Crippen molar-refractivity contribution in [1.82, 2.24) is 9.61 Å². The molecule has 0 spiro atoms. The summed E-state index contributed by atoms with van der Waals surface area (Å²) >= 11 is 0. The highest BCUT2D eigenvalue weighted by molar-refractivity contribution is 5.82.